The first-order valence-electron chi connectivity index (χ1n) is 12.9. The second kappa shape index (κ2) is 8.80. The fourth-order valence-corrected chi connectivity index (χ4v) is 7.47. The molecule has 3 unspecified atom stereocenters. The number of fused-ring (bicyclic) bond motifs is 4. The number of aliphatic hydroxyl groups excluding tert-OH is 1. The second-order valence-electron chi connectivity index (χ2n) is 10.7. The molecule has 0 spiro atoms. The number of nitrogens with zero attached hydrogens (tertiary/aromatic N) is 3. The highest BCUT2D eigenvalue weighted by Crippen LogP contribution is 2.59. The summed E-state index contributed by atoms with van der Waals surface area (Å²) < 4.78 is 23.7. The van der Waals surface area contributed by atoms with E-state index in [0.29, 0.717) is 49.0 Å². The largest absolute Gasteiger partial charge is 0.504 e. The molecule has 5 heterocycles. The molecule has 5 aliphatic heterocycles. The number of aryl methyl sites for hydroxylation is 1. The Kier molecular flexibility index (Phi) is 5.76. The van der Waals surface area contributed by atoms with Crippen molar-refractivity contribution in [2.24, 2.45) is 0 Å². The lowest BCUT2D eigenvalue weighted by molar-refractivity contribution is -0.0845. The number of rotatable bonds is 5. The average molecular weight is 520 g/mol. The van der Waals surface area contributed by atoms with E-state index >= 15 is 0 Å². The third-order valence-electron chi connectivity index (χ3n) is 8.70. The second-order valence-corrected chi connectivity index (χ2v) is 10.7. The van der Waals surface area contributed by atoms with Crippen LogP contribution in [-0.2, 0) is 12.8 Å². The Morgan fingerprint density at radius 1 is 1.26 bits per heavy atom. The molecule has 0 amide bonds. The van der Waals surface area contributed by atoms with Crippen LogP contribution in [0.15, 0.2) is 18.7 Å². The van der Waals surface area contributed by atoms with Crippen LogP contribution in [0.3, 0.4) is 0 Å². The smallest absolute Gasteiger partial charge is 0.231 e. The zero-order valence-electron chi connectivity index (χ0n) is 22.2. The van der Waals surface area contributed by atoms with Crippen LogP contribution >= 0.6 is 0 Å². The summed E-state index contributed by atoms with van der Waals surface area (Å²) in [5.74, 6) is 2.49. The predicted octanol–water partition coefficient (Wildman–Crippen LogP) is 3.08. The van der Waals surface area contributed by atoms with Crippen molar-refractivity contribution >= 4 is 0 Å². The molecule has 5 aliphatic rings. The van der Waals surface area contributed by atoms with Crippen molar-refractivity contribution in [2.75, 3.05) is 40.7 Å². The van der Waals surface area contributed by atoms with Gasteiger partial charge in [0.15, 0.2) is 23.0 Å². The summed E-state index contributed by atoms with van der Waals surface area (Å²) in [6.45, 7) is 8.30. The summed E-state index contributed by atoms with van der Waals surface area (Å²) in [5, 5.41) is 33.3. The third kappa shape index (κ3) is 3.14. The van der Waals surface area contributed by atoms with E-state index in [1.807, 2.05) is 27.0 Å². The molecule has 2 bridgehead atoms. The quantitative estimate of drug-likeness (QED) is 0.576. The Hall–Kier alpha value is -3.45. The molecule has 7 rings (SSSR count). The lowest BCUT2D eigenvalue weighted by atomic mass is 9.76. The van der Waals surface area contributed by atoms with Crippen molar-refractivity contribution in [3.8, 4) is 34.8 Å². The number of nitriles is 1. The monoisotopic (exact) mass is 519 g/mol. The number of hydrogen-bond acceptors (Lipinski definition) is 9. The van der Waals surface area contributed by atoms with Gasteiger partial charge in [0.1, 0.15) is 17.9 Å². The molecule has 0 radical (unpaired) electrons. The molecular formula is C29H33N3O6. The standard InChI is InChI=1S/C29H33N3O6/c1-6-7-36-26-16(3)27-28(38-14-37-27)22-18(26)9-19-23-21-17(8-15(2)25(35-5)24(21)34)10-29(12-30,13-31(23)4)32(19)20(22)11-33/h6,8,19-20,23,33-34H,1,7,9-11,13-14H2,2-5H3/t19?,20-,23?,29?/m0/s1. The lowest BCUT2D eigenvalue weighted by Gasteiger charge is -2.57. The van der Waals surface area contributed by atoms with Crippen LogP contribution < -0.4 is 18.9 Å². The van der Waals surface area contributed by atoms with Crippen molar-refractivity contribution in [3.63, 3.8) is 0 Å². The van der Waals surface area contributed by atoms with Crippen LogP contribution in [0.4, 0.5) is 0 Å². The van der Waals surface area contributed by atoms with Gasteiger partial charge in [-0.2, -0.15) is 5.26 Å². The van der Waals surface area contributed by atoms with Gasteiger partial charge in [-0.1, -0.05) is 18.7 Å². The number of aromatic hydroxyl groups is 1. The van der Waals surface area contributed by atoms with Gasteiger partial charge in [0.25, 0.3) is 0 Å². The highest BCUT2D eigenvalue weighted by atomic mass is 16.7. The highest BCUT2D eigenvalue weighted by Gasteiger charge is 2.59. The molecule has 4 atom stereocenters. The summed E-state index contributed by atoms with van der Waals surface area (Å²) in [6, 6.07) is 3.67. The molecule has 9 nitrogen and oxygen atoms in total. The van der Waals surface area contributed by atoms with Crippen molar-refractivity contribution in [2.45, 2.75) is 50.4 Å². The van der Waals surface area contributed by atoms with Gasteiger partial charge >= 0.3 is 0 Å². The third-order valence-corrected chi connectivity index (χ3v) is 8.70. The molecule has 0 aliphatic carbocycles. The van der Waals surface area contributed by atoms with Gasteiger partial charge in [-0.3, -0.25) is 9.80 Å². The van der Waals surface area contributed by atoms with Crippen LogP contribution in [0.5, 0.6) is 28.7 Å². The molecule has 38 heavy (non-hydrogen) atoms. The van der Waals surface area contributed by atoms with Gasteiger partial charge in [0, 0.05) is 41.3 Å². The van der Waals surface area contributed by atoms with E-state index in [1.54, 1.807) is 13.2 Å². The summed E-state index contributed by atoms with van der Waals surface area (Å²) >= 11 is 0. The van der Waals surface area contributed by atoms with Gasteiger partial charge in [-0.25, -0.2) is 0 Å². The average Bonchev–Trinajstić information content (AvgIpc) is 3.30. The zero-order valence-corrected chi connectivity index (χ0v) is 22.2. The summed E-state index contributed by atoms with van der Waals surface area (Å²) in [4.78, 5) is 4.34. The van der Waals surface area contributed by atoms with Crippen molar-refractivity contribution < 1.29 is 29.2 Å². The first-order chi connectivity index (χ1) is 18.3. The number of aliphatic hydroxyl groups is 1. The van der Waals surface area contributed by atoms with Crippen LogP contribution in [0.2, 0.25) is 0 Å². The molecule has 1 fully saturated rings. The van der Waals surface area contributed by atoms with E-state index in [-0.39, 0.29) is 31.2 Å². The number of phenols is 1. The van der Waals surface area contributed by atoms with Gasteiger partial charge in [-0.05, 0) is 38.4 Å². The molecule has 1 saturated heterocycles. The molecule has 2 aromatic rings. The summed E-state index contributed by atoms with van der Waals surface area (Å²) in [6.07, 6.45) is 2.64. The number of hydrogen-bond donors (Lipinski definition) is 2. The topological polar surface area (TPSA) is 108 Å². The SMILES string of the molecule is C=CCOc1c(C)c2c(c3c1CC1C4c5c(cc(C)c(OC)c5O)CC(C#N)(CN4C)N1[C@H]3CO)OCO2. The highest BCUT2D eigenvalue weighted by molar-refractivity contribution is 5.67. The minimum absolute atomic E-state index is 0.0856. The first-order valence-corrected chi connectivity index (χ1v) is 12.9. The number of benzene rings is 2. The van der Waals surface area contributed by atoms with Crippen molar-refractivity contribution in [1.82, 2.24) is 9.80 Å². The Balaban J connectivity index is 1.64. The van der Waals surface area contributed by atoms with E-state index in [9.17, 15) is 15.5 Å². The number of likely N-dealkylation sites (N-methyl/N-ethyl adjacent to an activating group) is 1. The molecule has 200 valence electrons. The maximum absolute atomic E-state index is 11.5. The normalized spacial score (nSPS) is 27.1. The van der Waals surface area contributed by atoms with Crippen LogP contribution in [-0.4, -0.2) is 72.3 Å². The first kappa shape index (κ1) is 24.9. The molecule has 2 aromatic carbocycles. The number of ether oxygens (including phenoxy) is 4. The Morgan fingerprint density at radius 2 is 2.03 bits per heavy atom. The molecule has 9 heteroatoms. The van der Waals surface area contributed by atoms with Crippen LogP contribution in [0.25, 0.3) is 0 Å². The fourth-order valence-electron chi connectivity index (χ4n) is 7.47. The van der Waals surface area contributed by atoms with Crippen molar-refractivity contribution in [3.05, 3.63) is 52.1 Å². The van der Waals surface area contributed by atoms with E-state index in [1.165, 1.54) is 0 Å². The minimum Gasteiger partial charge on any atom is -0.504 e. The number of phenolic OH excluding ortho intramolecular Hbond substituents is 1. The van der Waals surface area contributed by atoms with E-state index < -0.39 is 11.6 Å². The molecule has 2 N–H and O–H groups in total. The molecular weight excluding hydrogens is 486 g/mol. The van der Waals surface area contributed by atoms with Crippen LogP contribution in [0.1, 0.15) is 45.5 Å². The Labute approximate surface area is 222 Å². The number of piperazine rings is 1. The summed E-state index contributed by atoms with van der Waals surface area (Å²) in [5.41, 5.74) is 4.17. The Morgan fingerprint density at radius 3 is 2.71 bits per heavy atom. The Bertz CT molecular complexity index is 1380. The lowest BCUT2D eigenvalue weighted by Crippen LogP contribution is -2.68. The van der Waals surface area contributed by atoms with Gasteiger partial charge in [0.2, 0.25) is 6.79 Å². The zero-order chi connectivity index (χ0) is 26.9. The fraction of sp³-hybridized carbons (Fsp3) is 0.483. The van der Waals surface area contributed by atoms with E-state index in [4.69, 9.17) is 18.9 Å². The maximum atomic E-state index is 11.5. The van der Waals surface area contributed by atoms with Crippen molar-refractivity contribution in [1.29, 1.82) is 5.26 Å². The maximum Gasteiger partial charge on any atom is 0.231 e. The predicted molar refractivity (Wildman–Crippen MR) is 139 cm³/mol. The van der Waals surface area contributed by atoms with Gasteiger partial charge in [0.05, 0.1) is 31.9 Å². The molecule has 0 aromatic heterocycles. The van der Waals surface area contributed by atoms with Crippen LogP contribution in [0, 0.1) is 25.2 Å². The molecule has 0 saturated carbocycles. The number of methoxy groups -OCH3 is 1. The van der Waals surface area contributed by atoms with E-state index in [2.05, 4.69) is 22.4 Å². The minimum atomic E-state index is -0.945. The van der Waals surface area contributed by atoms with Gasteiger partial charge < -0.3 is 29.2 Å². The summed E-state index contributed by atoms with van der Waals surface area (Å²) in [7, 11) is 3.56. The van der Waals surface area contributed by atoms with Gasteiger partial charge in [-0.15, -0.1) is 0 Å². The van der Waals surface area contributed by atoms with E-state index in [0.717, 1.165) is 33.4 Å².